The normalized spacial score (nSPS) is 12.5. The summed E-state index contributed by atoms with van der Waals surface area (Å²) in [6.45, 7) is 0. The molecule has 0 radical (unpaired) electrons. The molecular weight excluding hydrogens is 304 g/mol. The summed E-state index contributed by atoms with van der Waals surface area (Å²) in [6, 6.07) is 9.39. The maximum atomic E-state index is 12.1. The van der Waals surface area contributed by atoms with Crippen molar-refractivity contribution in [2.24, 2.45) is 0 Å². The standard InChI is InChI=1S/C16H8O7/c17-13(18)9-3-1-2-4-10(9)14(19)22-8-5-6-11-12(7-8)16(21)23-15(11)20/h1-7H,(H,17,18)/p+1. The second kappa shape index (κ2) is 5.38. The quantitative estimate of drug-likeness (QED) is 0.525. The van der Waals surface area contributed by atoms with Gasteiger partial charge in [0.25, 0.3) is 0 Å². The van der Waals surface area contributed by atoms with Crippen molar-refractivity contribution in [3.63, 3.8) is 0 Å². The van der Waals surface area contributed by atoms with E-state index in [4.69, 9.17) is 9.84 Å². The molecule has 0 fully saturated rings. The van der Waals surface area contributed by atoms with Gasteiger partial charge in [-0.15, -0.1) is 0 Å². The zero-order valence-electron chi connectivity index (χ0n) is 12.4. The Morgan fingerprint density at radius 3 is 2.30 bits per heavy atom. The van der Waals surface area contributed by atoms with E-state index in [-0.39, 0.29) is 29.4 Å². The number of aromatic carboxylic acids is 1. The van der Waals surface area contributed by atoms with Crippen LogP contribution in [0, 0.1) is 0 Å². The number of carboxylic acid groups (broad SMARTS) is 1. The fourth-order valence-corrected chi connectivity index (χ4v) is 2.14. The van der Waals surface area contributed by atoms with E-state index in [1.165, 1.54) is 42.5 Å². The van der Waals surface area contributed by atoms with E-state index in [2.05, 4.69) is 4.74 Å². The molecule has 0 saturated carbocycles. The van der Waals surface area contributed by atoms with Crippen molar-refractivity contribution in [3.8, 4) is 5.75 Å². The van der Waals surface area contributed by atoms with Crippen LogP contribution in [0.2, 0.25) is 0 Å². The summed E-state index contributed by atoms with van der Waals surface area (Å²) < 4.78 is 9.51. The monoisotopic (exact) mass is 313 g/mol. The number of benzene rings is 2. The molecule has 0 saturated heterocycles. The smallest absolute Gasteiger partial charge is 0.478 e. The summed E-state index contributed by atoms with van der Waals surface area (Å²) in [5.41, 5.74) is -0.250. The molecule has 114 valence electrons. The largest absolute Gasteiger partial charge is 1.00 e. The number of fused-ring (bicyclic) bond motifs is 1. The molecule has 2 aromatic carbocycles. The Balaban J connectivity index is 0.00000208. The molecule has 0 atom stereocenters. The summed E-state index contributed by atoms with van der Waals surface area (Å²) >= 11 is 0. The molecule has 0 unspecified atom stereocenters. The Bertz CT molecular complexity index is 872. The van der Waals surface area contributed by atoms with Gasteiger partial charge in [0.15, 0.2) is 0 Å². The van der Waals surface area contributed by atoms with Gasteiger partial charge in [-0.2, -0.15) is 0 Å². The van der Waals surface area contributed by atoms with E-state index in [0.717, 1.165) is 0 Å². The van der Waals surface area contributed by atoms with Gasteiger partial charge in [0.05, 0.1) is 22.3 Å². The maximum absolute atomic E-state index is 12.1. The van der Waals surface area contributed by atoms with Crippen LogP contribution in [0.3, 0.4) is 0 Å². The predicted octanol–water partition coefficient (Wildman–Crippen LogP) is 2.03. The third-order valence-corrected chi connectivity index (χ3v) is 3.20. The highest BCUT2D eigenvalue weighted by atomic mass is 16.6. The van der Waals surface area contributed by atoms with E-state index in [0.29, 0.717) is 0 Å². The topological polar surface area (TPSA) is 107 Å². The van der Waals surface area contributed by atoms with E-state index < -0.39 is 23.9 Å². The molecule has 1 heterocycles. The van der Waals surface area contributed by atoms with E-state index in [9.17, 15) is 19.2 Å². The summed E-state index contributed by atoms with van der Waals surface area (Å²) in [6.07, 6.45) is 0. The first-order chi connectivity index (χ1) is 11.0. The lowest BCUT2D eigenvalue weighted by Gasteiger charge is -2.07. The van der Waals surface area contributed by atoms with Crippen LogP contribution >= 0.6 is 0 Å². The van der Waals surface area contributed by atoms with Gasteiger partial charge in [0.1, 0.15) is 5.75 Å². The third-order valence-electron chi connectivity index (χ3n) is 3.20. The van der Waals surface area contributed by atoms with Gasteiger partial charge < -0.3 is 14.6 Å². The Hall–Kier alpha value is -3.48. The van der Waals surface area contributed by atoms with Crippen LogP contribution in [0.1, 0.15) is 42.9 Å². The molecule has 0 spiro atoms. The van der Waals surface area contributed by atoms with Gasteiger partial charge >= 0.3 is 25.3 Å². The molecule has 0 amide bonds. The summed E-state index contributed by atoms with van der Waals surface area (Å²) in [7, 11) is 0. The molecule has 7 nitrogen and oxygen atoms in total. The number of rotatable bonds is 3. The molecule has 0 bridgehead atoms. The van der Waals surface area contributed by atoms with Crippen molar-refractivity contribution in [2.75, 3.05) is 0 Å². The minimum absolute atomic E-state index is 0. The van der Waals surface area contributed by atoms with Gasteiger partial charge in [-0.3, -0.25) is 0 Å². The summed E-state index contributed by atoms with van der Waals surface area (Å²) in [4.78, 5) is 46.0. The molecular formula is C16H9O7+. The molecule has 2 aromatic rings. The van der Waals surface area contributed by atoms with E-state index in [1.54, 1.807) is 0 Å². The fourth-order valence-electron chi connectivity index (χ4n) is 2.14. The Morgan fingerprint density at radius 1 is 0.957 bits per heavy atom. The second-order valence-electron chi connectivity index (χ2n) is 4.62. The molecule has 7 heteroatoms. The highest BCUT2D eigenvalue weighted by molar-refractivity contribution is 6.15. The number of carbonyl (C=O) groups is 4. The lowest BCUT2D eigenvalue weighted by molar-refractivity contribution is 0.0442. The van der Waals surface area contributed by atoms with Crippen LogP contribution in [-0.4, -0.2) is 29.0 Å². The lowest BCUT2D eigenvalue weighted by atomic mass is 10.1. The van der Waals surface area contributed by atoms with Gasteiger partial charge in [0.2, 0.25) is 0 Å². The van der Waals surface area contributed by atoms with Crippen molar-refractivity contribution >= 4 is 23.9 Å². The summed E-state index contributed by atoms with van der Waals surface area (Å²) in [5, 5.41) is 9.06. The number of hydrogen-bond acceptors (Lipinski definition) is 6. The summed E-state index contributed by atoms with van der Waals surface area (Å²) in [5.74, 6) is -3.74. The average Bonchev–Trinajstić information content (AvgIpc) is 2.81. The maximum Gasteiger partial charge on any atom is 1.00 e. The van der Waals surface area contributed by atoms with Crippen LogP contribution < -0.4 is 4.74 Å². The predicted molar refractivity (Wildman–Crippen MR) is 75.7 cm³/mol. The van der Waals surface area contributed by atoms with Crippen molar-refractivity contribution < 1.29 is 35.2 Å². The van der Waals surface area contributed by atoms with Crippen molar-refractivity contribution in [3.05, 3.63) is 64.7 Å². The minimum atomic E-state index is -1.26. The molecule has 1 N–H and O–H groups in total. The third kappa shape index (κ3) is 2.55. The first-order valence-corrected chi connectivity index (χ1v) is 6.42. The van der Waals surface area contributed by atoms with Gasteiger partial charge in [-0.1, -0.05) is 12.1 Å². The number of carbonyl (C=O) groups excluding carboxylic acids is 3. The number of cyclic esters (lactones) is 2. The number of carboxylic acids is 1. The molecule has 0 aliphatic carbocycles. The fraction of sp³-hybridized carbons (Fsp3) is 0. The SMILES string of the molecule is O=C(O)c1ccccc1C(=O)Oc1ccc2c(c1)C(=O)OC2=O.[H+]. The zero-order chi connectivity index (χ0) is 16.6. The number of ether oxygens (including phenoxy) is 2. The van der Waals surface area contributed by atoms with Gasteiger partial charge in [-0.05, 0) is 30.3 Å². The average molecular weight is 313 g/mol. The molecule has 0 aromatic heterocycles. The van der Waals surface area contributed by atoms with Crippen LogP contribution in [0.15, 0.2) is 42.5 Å². The number of esters is 3. The van der Waals surface area contributed by atoms with Crippen molar-refractivity contribution in [1.29, 1.82) is 0 Å². The van der Waals surface area contributed by atoms with Crippen LogP contribution in [0.4, 0.5) is 0 Å². The lowest BCUT2D eigenvalue weighted by Crippen LogP contribution is -2.14. The van der Waals surface area contributed by atoms with Gasteiger partial charge in [0, 0.05) is 0 Å². The van der Waals surface area contributed by atoms with Crippen LogP contribution in [0.5, 0.6) is 5.75 Å². The van der Waals surface area contributed by atoms with Gasteiger partial charge in [-0.25, -0.2) is 19.2 Å². The minimum Gasteiger partial charge on any atom is -0.478 e. The highest BCUT2D eigenvalue weighted by Crippen LogP contribution is 2.25. The Kier molecular flexibility index (Phi) is 3.38. The molecule has 1 aliphatic heterocycles. The van der Waals surface area contributed by atoms with Crippen LogP contribution in [-0.2, 0) is 4.74 Å². The molecule has 1 aliphatic rings. The van der Waals surface area contributed by atoms with E-state index >= 15 is 0 Å². The highest BCUT2D eigenvalue weighted by Gasteiger charge is 2.30. The molecule has 23 heavy (non-hydrogen) atoms. The zero-order valence-corrected chi connectivity index (χ0v) is 11.4. The Labute approximate surface area is 130 Å². The Morgan fingerprint density at radius 2 is 1.61 bits per heavy atom. The van der Waals surface area contributed by atoms with E-state index in [1.807, 2.05) is 0 Å². The first-order valence-electron chi connectivity index (χ1n) is 6.42. The van der Waals surface area contributed by atoms with Crippen molar-refractivity contribution in [1.82, 2.24) is 0 Å². The van der Waals surface area contributed by atoms with Crippen molar-refractivity contribution in [2.45, 2.75) is 0 Å². The molecule has 3 rings (SSSR count). The second-order valence-corrected chi connectivity index (χ2v) is 4.62. The number of hydrogen-bond donors (Lipinski definition) is 1. The van der Waals surface area contributed by atoms with Crippen LogP contribution in [0.25, 0.3) is 0 Å². The first kappa shape index (κ1) is 14.5.